The van der Waals surface area contributed by atoms with E-state index in [9.17, 15) is 18.0 Å². The van der Waals surface area contributed by atoms with Gasteiger partial charge in [0.2, 0.25) is 0 Å². The summed E-state index contributed by atoms with van der Waals surface area (Å²) >= 11 is 1.58. The third-order valence-corrected chi connectivity index (χ3v) is 6.79. The molecule has 0 fully saturated rings. The molecule has 3 aromatic carbocycles. The molecule has 0 unspecified atom stereocenters. The van der Waals surface area contributed by atoms with E-state index in [0.29, 0.717) is 0 Å². The lowest BCUT2D eigenvalue weighted by atomic mass is 10.2. The van der Waals surface area contributed by atoms with E-state index in [-0.39, 0.29) is 16.4 Å². The van der Waals surface area contributed by atoms with Crippen molar-refractivity contribution in [2.75, 3.05) is 17.8 Å². The zero-order valence-electron chi connectivity index (χ0n) is 15.9. The fourth-order valence-corrected chi connectivity index (χ4v) is 4.78. The summed E-state index contributed by atoms with van der Waals surface area (Å²) in [6, 6.07) is 20.5. The fraction of sp³-hybridized carbons (Fsp3) is 0.0909. The van der Waals surface area contributed by atoms with Crippen molar-refractivity contribution in [1.29, 1.82) is 0 Å². The first-order chi connectivity index (χ1) is 14.3. The molecule has 30 heavy (non-hydrogen) atoms. The molecule has 1 heterocycles. The van der Waals surface area contributed by atoms with Crippen LogP contribution in [0.2, 0.25) is 0 Å². The van der Waals surface area contributed by atoms with Gasteiger partial charge in [0.25, 0.3) is 5.91 Å². The van der Waals surface area contributed by atoms with Crippen molar-refractivity contribution in [3.05, 3.63) is 78.4 Å². The molecule has 152 valence electrons. The summed E-state index contributed by atoms with van der Waals surface area (Å²) in [5.41, 5.74) is 1.64. The summed E-state index contributed by atoms with van der Waals surface area (Å²) in [6.07, 6.45) is 1.09. The molecule has 6 nitrogen and oxygen atoms in total. The number of rotatable bonds is 4. The van der Waals surface area contributed by atoms with E-state index in [2.05, 4.69) is 0 Å². The Kier molecular flexibility index (Phi) is 5.36. The van der Waals surface area contributed by atoms with Gasteiger partial charge < -0.3 is 4.74 Å². The highest BCUT2D eigenvalue weighted by molar-refractivity contribution is 7.99. The molecule has 0 N–H and O–H groups in total. The van der Waals surface area contributed by atoms with Crippen LogP contribution in [0.3, 0.4) is 0 Å². The van der Waals surface area contributed by atoms with Gasteiger partial charge in [-0.25, -0.2) is 13.2 Å². The minimum absolute atomic E-state index is 0.106. The van der Waals surface area contributed by atoms with Crippen molar-refractivity contribution in [2.24, 2.45) is 0 Å². The maximum atomic E-state index is 13.0. The van der Waals surface area contributed by atoms with E-state index in [0.717, 1.165) is 27.4 Å². The van der Waals surface area contributed by atoms with Gasteiger partial charge >= 0.3 is 5.97 Å². The Morgan fingerprint density at radius 3 is 1.93 bits per heavy atom. The van der Waals surface area contributed by atoms with Crippen molar-refractivity contribution in [1.82, 2.24) is 0 Å². The van der Waals surface area contributed by atoms with E-state index in [1.807, 2.05) is 48.5 Å². The molecular formula is C22H17NO5S2. The average Bonchev–Trinajstić information content (AvgIpc) is 2.75. The SMILES string of the molecule is CS(=O)(=O)c1ccc(C(=O)OCC(=O)N2c3ccccc3Sc3ccccc32)cc1. The molecule has 8 heteroatoms. The van der Waals surface area contributed by atoms with Crippen LogP contribution in [-0.4, -0.2) is 33.2 Å². The van der Waals surface area contributed by atoms with Crippen molar-refractivity contribution in [3.63, 3.8) is 0 Å². The van der Waals surface area contributed by atoms with Gasteiger partial charge in [-0.1, -0.05) is 36.0 Å². The van der Waals surface area contributed by atoms with Gasteiger partial charge in [0.1, 0.15) is 0 Å². The van der Waals surface area contributed by atoms with Gasteiger partial charge in [-0.05, 0) is 48.5 Å². The third-order valence-electron chi connectivity index (χ3n) is 4.53. The highest BCUT2D eigenvalue weighted by Gasteiger charge is 2.28. The first-order valence-electron chi connectivity index (χ1n) is 9.01. The number of carbonyl (C=O) groups excluding carboxylic acids is 2. The molecule has 4 rings (SSSR count). The number of esters is 1. The van der Waals surface area contributed by atoms with Gasteiger partial charge in [-0.15, -0.1) is 0 Å². The van der Waals surface area contributed by atoms with Gasteiger partial charge in [0, 0.05) is 16.0 Å². The van der Waals surface area contributed by atoms with Crippen molar-refractivity contribution in [2.45, 2.75) is 14.7 Å². The molecule has 1 aliphatic heterocycles. The largest absolute Gasteiger partial charge is 0.452 e. The Morgan fingerprint density at radius 2 is 1.40 bits per heavy atom. The Hall–Kier alpha value is -3.10. The lowest BCUT2D eigenvalue weighted by Gasteiger charge is -2.30. The summed E-state index contributed by atoms with van der Waals surface area (Å²) in [5, 5.41) is 0. The maximum Gasteiger partial charge on any atom is 0.338 e. The normalized spacial score (nSPS) is 12.6. The smallest absolute Gasteiger partial charge is 0.338 e. The number of amides is 1. The zero-order valence-corrected chi connectivity index (χ0v) is 17.6. The van der Waals surface area contributed by atoms with E-state index in [1.165, 1.54) is 24.3 Å². The second-order valence-electron chi connectivity index (χ2n) is 6.64. The molecule has 0 bridgehead atoms. The predicted octanol–water partition coefficient (Wildman–Crippen LogP) is 4.08. The number of hydrogen-bond donors (Lipinski definition) is 0. The molecule has 0 spiro atoms. The van der Waals surface area contributed by atoms with E-state index in [4.69, 9.17) is 4.74 Å². The Labute approximate surface area is 178 Å². The molecule has 1 aliphatic rings. The molecular weight excluding hydrogens is 422 g/mol. The maximum absolute atomic E-state index is 13.0. The summed E-state index contributed by atoms with van der Waals surface area (Å²) in [7, 11) is -3.36. The summed E-state index contributed by atoms with van der Waals surface area (Å²) < 4.78 is 28.3. The minimum atomic E-state index is -3.36. The number of ether oxygens (including phenoxy) is 1. The monoisotopic (exact) mass is 439 g/mol. The number of benzene rings is 3. The first-order valence-corrected chi connectivity index (χ1v) is 11.7. The predicted molar refractivity (Wildman–Crippen MR) is 114 cm³/mol. The Morgan fingerprint density at radius 1 is 0.867 bits per heavy atom. The van der Waals surface area contributed by atoms with E-state index >= 15 is 0 Å². The second kappa shape index (κ2) is 7.97. The lowest BCUT2D eigenvalue weighted by Crippen LogP contribution is -2.32. The Balaban J connectivity index is 1.53. The second-order valence-corrected chi connectivity index (χ2v) is 9.74. The molecule has 0 aliphatic carbocycles. The van der Waals surface area contributed by atoms with E-state index in [1.54, 1.807) is 16.7 Å². The quantitative estimate of drug-likeness (QED) is 0.570. The highest BCUT2D eigenvalue weighted by Crippen LogP contribution is 2.47. The standard InChI is InChI=1S/C22H17NO5S2/c1-30(26,27)16-12-10-15(11-13-16)22(25)28-14-21(24)23-17-6-2-4-8-19(17)29-20-9-5-3-7-18(20)23/h2-13H,14H2,1H3. The molecule has 0 radical (unpaired) electrons. The summed E-state index contributed by atoms with van der Waals surface area (Å²) in [4.78, 5) is 28.9. The zero-order chi connectivity index (χ0) is 21.3. The van der Waals surface area contributed by atoms with E-state index < -0.39 is 22.4 Å². The van der Waals surface area contributed by atoms with Crippen LogP contribution in [0.4, 0.5) is 11.4 Å². The third kappa shape index (κ3) is 3.96. The van der Waals surface area contributed by atoms with Crippen LogP contribution < -0.4 is 4.90 Å². The number of anilines is 2. The van der Waals surface area contributed by atoms with Crippen molar-refractivity contribution < 1.29 is 22.7 Å². The first kappa shape index (κ1) is 20.2. The van der Waals surface area contributed by atoms with Crippen molar-refractivity contribution in [3.8, 4) is 0 Å². The number of hydrogen-bond acceptors (Lipinski definition) is 6. The van der Waals surface area contributed by atoms with Crippen LogP contribution in [0, 0.1) is 0 Å². The Bertz CT molecular complexity index is 1190. The molecule has 1 amide bonds. The van der Waals surface area contributed by atoms with Crippen LogP contribution in [0.15, 0.2) is 87.5 Å². The number of sulfone groups is 1. The van der Waals surface area contributed by atoms with Crippen LogP contribution in [-0.2, 0) is 19.4 Å². The lowest BCUT2D eigenvalue weighted by molar-refractivity contribution is -0.121. The summed E-state index contributed by atoms with van der Waals surface area (Å²) in [6.45, 7) is -0.444. The van der Waals surface area contributed by atoms with Gasteiger partial charge in [-0.3, -0.25) is 9.69 Å². The van der Waals surface area contributed by atoms with Crippen LogP contribution >= 0.6 is 11.8 Å². The fourth-order valence-electron chi connectivity index (χ4n) is 3.09. The van der Waals surface area contributed by atoms with Crippen molar-refractivity contribution >= 4 is 44.9 Å². The highest BCUT2D eigenvalue weighted by atomic mass is 32.2. The van der Waals surface area contributed by atoms with Crippen LogP contribution in [0.25, 0.3) is 0 Å². The molecule has 0 atom stereocenters. The molecule has 0 aromatic heterocycles. The molecule has 0 saturated carbocycles. The average molecular weight is 440 g/mol. The number of nitrogens with zero attached hydrogens (tertiary/aromatic N) is 1. The van der Waals surface area contributed by atoms with Crippen LogP contribution in [0.1, 0.15) is 10.4 Å². The van der Waals surface area contributed by atoms with Gasteiger partial charge in [0.05, 0.1) is 21.8 Å². The molecule has 3 aromatic rings. The number of carbonyl (C=O) groups is 2. The van der Waals surface area contributed by atoms with Crippen LogP contribution in [0.5, 0.6) is 0 Å². The topological polar surface area (TPSA) is 80.7 Å². The number of para-hydroxylation sites is 2. The molecule has 0 saturated heterocycles. The number of fused-ring (bicyclic) bond motifs is 2. The van der Waals surface area contributed by atoms with Gasteiger partial charge in [0.15, 0.2) is 16.4 Å². The minimum Gasteiger partial charge on any atom is -0.452 e. The van der Waals surface area contributed by atoms with Gasteiger partial charge in [-0.2, -0.15) is 0 Å². The summed E-state index contributed by atoms with van der Waals surface area (Å²) in [5.74, 6) is -1.08.